The van der Waals surface area contributed by atoms with E-state index in [1.54, 1.807) is 49.2 Å². The van der Waals surface area contributed by atoms with E-state index < -0.39 is 72.0 Å². The van der Waals surface area contributed by atoms with Crippen molar-refractivity contribution in [3.05, 3.63) is 63.2 Å². The number of nitrogens with zero attached hydrogens (tertiary/aromatic N) is 1. The summed E-state index contributed by atoms with van der Waals surface area (Å²) in [7, 11) is 0. The van der Waals surface area contributed by atoms with Gasteiger partial charge in [0.25, 0.3) is 10.7 Å². The van der Waals surface area contributed by atoms with Gasteiger partial charge in [-0.15, -0.1) is 0 Å². The van der Waals surface area contributed by atoms with Crippen LogP contribution in [0.1, 0.15) is 27.0 Å². The van der Waals surface area contributed by atoms with Crippen molar-refractivity contribution in [2.45, 2.75) is 56.5 Å². The molecular formula is C21H25ClF2N3O8PS. The average molecular weight is 584 g/mol. The number of hydrogen-bond acceptors (Lipinski definition) is 9. The van der Waals surface area contributed by atoms with Crippen LogP contribution in [0.5, 0.6) is 5.75 Å². The molecule has 3 rings (SSSR count). The van der Waals surface area contributed by atoms with Crippen LogP contribution < -0.4 is 20.9 Å². The normalized spacial score (nSPS) is 26.0. The van der Waals surface area contributed by atoms with E-state index in [1.807, 2.05) is 0 Å². The average Bonchev–Trinajstić information content (AvgIpc) is 3.03. The molecule has 3 N–H and O–H groups in total. The Labute approximate surface area is 219 Å². The van der Waals surface area contributed by atoms with Gasteiger partial charge >= 0.3 is 18.3 Å². The van der Waals surface area contributed by atoms with Gasteiger partial charge in [-0.25, -0.2) is 14.3 Å². The number of halogens is 3. The van der Waals surface area contributed by atoms with Crippen LogP contribution in [0.3, 0.4) is 0 Å². The molecule has 1 aliphatic heterocycles. The van der Waals surface area contributed by atoms with Crippen LogP contribution in [-0.4, -0.2) is 56.7 Å². The van der Waals surface area contributed by atoms with Gasteiger partial charge in [0.05, 0.1) is 18.9 Å². The van der Waals surface area contributed by atoms with Crippen molar-refractivity contribution in [3.63, 3.8) is 0 Å². The number of alkyl halides is 2. The standard InChI is InChI=1S/C21H25ClF2N3O8PS/c1-11(2)33-18(30)12(3)26-36(37,35-13-7-5-4-6-8-13)32-10-15-16(28)21(22,24)19(34-15)27-9-14(23)17(29)25-20(27)31/h4-9,11-12,15-16,19,28H,10H2,1-3H3,(H,26,37)(H,25,29,31)/t12-,15+,16+,19+,21-,36+/m0/s1. The molecule has 0 saturated carbocycles. The lowest BCUT2D eigenvalue weighted by Crippen LogP contribution is -2.42. The van der Waals surface area contributed by atoms with Crippen LogP contribution in [-0.2, 0) is 30.6 Å². The summed E-state index contributed by atoms with van der Waals surface area (Å²) in [4.78, 5) is 37.4. The first-order chi connectivity index (χ1) is 17.2. The van der Waals surface area contributed by atoms with Crippen molar-refractivity contribution in [1.82, 2.24) is 14.6 Å². The van der Waals surface area contributed by atoms with Crippen LogP contribution >= 0.6 is 18.2 Å². The van der Waals surface area contributed by atoms with Gasteiger partial charge in [-0.05, 0) is 44.7 Å². The number of aliphatic hydroxyl groups is 1. The number of carbonyl (C=O) groups is 1. The summed E-state index contributed by atoms with van der Waals surface area (Å²) >= 11 is 11.4. The molecule has 0 bridgehead atoms. The molecule has 0 aliphatic carbocycles. The van der Waals surface area contributed by atoms with Gasteiger partial charge in [0, 0.05) is 0 Å². The summed E-state index contributed by atoms with van der Waals surface area (Å²) in [6.45, 7) is 0.619. The summed E-state index contributed by atoms with van der Waals surface area (Å²) in [5.41, 5.74) is -2.54. The second kappa shape index (κ2) is 11.7. The fraction of sp³-hybridized carbons (Fsp3) is 0.476. The Hall–Kier alpha value is -2.19. The highest BCUT2D eigenvalue weighted by molar-refractivity contribution is 8.09. The zero-order valence-corrected chi connectivity index (χ0v) is 22.3. The van der Waals surface area contributed by atoms with Gasteiger partial charge in [-0.1, -0.05) is 29.8 Å². The fourth-order valence-electron chi connectivity index (χ4n) is 3.25. The number of aromatic nitrogens is 2. The third-order valence-corrected chi connectivity index (χ3v) is 7.90. The Morgan fingerprint density at radius 1 is 1.35 bits per heavy atom. The van der Waals surface area contributed by atoms with Gasteiger partial charge in [0.15, 0.2) is 6.23 Å². The maximum Gasteiger partial charge on any atom is 0.330 e. The maximum absolute atomic E-state index is 15.3. The lowest BCUT2D eigenvalue weighted by molar-refractivity contribution is -0.149. The number of carbonyl (C=O) groups excluding carboxylic acids is 1. The van der Waals surface area contributed by atoms with Crippen molar-refractivity contribution in [2.75, 3.05) is 6.61 Å². The summed E-state index contributed by atoms with van der Waals surface area (Å²) in [6.07, 6.45) is -5.62. The monoisotopic (exact) mass is 583 g/mol. The minimum Gasteiger partial charge on any atom is -0.462 e. The summed E-state index contributed by atoms with van der Waals surface area (Å²) < 4.78 is 51.5. The third-order valence-electron chi connectivity index (χ3n) is 4.99. The predicted octanol–water partition coefficient (Wildman–Crippen LogP) is 2.09. The highest BCUT2D eigenvalue weighted by Gasteiger charge is 2.58. The predicted molar refractivity (Wildman–Crippen MR) is 132 cm³/mol. The van der Waals surface area contributed by atoms with E-state index in [-0.39, 0.29) is 0 Å². The first-order valence-corrected chi connectivity index (χ1v) is 13.9. The number of esters is 1. The molecule has 11 nitrogen and oxygen atoms in total. The topological polar surface area (TPSA) is 141 Å². The van der Waals surface area contributed by atoms with Crippen LogP contribution in [0, 0.1) is 5.82 Å². The van der Waals surface area contributed by atoms with E-state index in [0.717, 1.165) is 0 Å². The second-order valence-electron chi connectivity index (χ2n) is 8.32. The number of benzene rings is 1. The lowest BCUT2D eigenvalue weighted by atomic mass is 10.1. The maximum atomic E-state index is 15.3. The number of aliphatic hydroxyl groups excluding tert-OH is 1. The summed E-state index contributed by atoms with van der Waals surface area (Å²) in [6, 6.07) is 7.28. The van der Waals surface area contributed by atoms with Gasteiger partial charge in [0.1, 0.15) is 24.0 Å². The molecule has 0 unspecified atom stereocenters. The molecule has 2 aromatic rings. The van der Waals surface area contributed by atoms with Crippen LogP contribution in [0.4, 0.5) is 8.78 Å². The van der Waals surface area contributed by atoms with Crippen molar-refractivity contribution < 1.29 is 37.2 Å². The molecule has 1 aromatic heterocycles. The molecule has 16 heteroatoms. The van der Waals surface area contributed by atoms with Gasteiger partial charge in [0.2, 0.25) is 5.82 Å². The highest BCUT2D eigenvalue weighted by atomic mass is 35.5. The largest absolute Gasteiger partial charge is 0.462 e. The minimum absolute atomic E-state index is 0.293. The Bertz CT molecular complexity index is 1280. The van der Waals surface area contributed by atoms with E-state index in [2.05, 4.69) is 5.09 Å². The lowest BCUT2D eigenvalue weighted by Gasteiger charge is -2.28. The Morgan fingerprint density at radius 2 is 2.00 bits per heavy atom. The first-order valence-electron chi connectivity index (χ1n) is 10.9. The van der Waals surface area contributed by atoms with Crippen molar-refractivity contribution in [2.24, 2.45) is 0 Å². The molecule has 1 aliphatic rings. The molecule has 0 spiro atoms. The Morgan fingerprint density at radius 3 is 2.62 bits per heavy atom. The number of rotatable bonds is 10. The zero-order chi connectivity index (χ0) is 27.5. The molecule has 2 heterocycles. The van der Waals surface area contributed by atoms with E-state index in [9.17, 15) is 23.9 Å². The van der Waals surface area contributed by atoms with E-state index >= 15 is 4.39 Å². The molecule has 37 heavy (non-hydrogen) atoms. The number of ether oxygens (including phenoxy) is 2. The van der Waals surface area contributed by atoms with Crippen LogP contribution in [0.15, 0.2) is 46.1 Å². The van der Waals surface area contributed by atoms with E-state index in [4.69, 9.17) is 41.9 Å². The molecule has 0 radical (unpaired) electrons. The van der Waals surface area contributed by atoms with Crippen molar-refractivity contribution >= 4 is 36.0 Å². The van der Waals surface area contributed by atoms with Crippen molar-refractivity contribution in [3.8, 4) is 5.75 Å². The molecule has 6 atom stereocenters. The molecule has 1 saturated heterocycles. The SMILES string of the molecule is CC(C)OC(=O)[C@H](C)N[P@@](=S)(OC[C@H]1O[C@@H](n2cc(F)c(=O)[nH]c2=O)[C@](F)(Cl)[C@@H]1O)Oc1ccccc1. The highest BCUT2D eigenvalue weighted by Crippen LogP contribution is 2.48. The molecule has 1 fully saturated rings. The number of aromatic amines is 1. The smallest absolute Gasteiger partial charge is 0.330 e. The molecule has 1 aromatic carbocycles. The Balaban J connectivity index is 1.82. The minimum atomic E-state index is -3.58. The van der Waals surface area contributed by atoms with Gasteiger partial charge < -0.3 is 23.6 Å². The zero-order valence-electron chi connectivity index (χ0n) is 19.8. The fourth-order valence-corrected chi connectivity index (χ4v) is 5.96. The first kappa shape index (κ1) is 29.4. The van der Waals surface area contributed by atoms with Gasteiger partial charge in [-0.3, -0.25) is 19.1 Å². The van der Waals surface area contributed by atoms with Crippen molar-refractivity contribution in [1.29, 1.82) is 0 Å². The van der Waals surface area contributed by atoms with E-state index in [0.29, 0.717) is 16.5 Å². The number of hydrogen-bond donors (Lipinski definition) is 3. The quantitative estimate of drug-likeness (QED) is 0.216. The second-order valence-corrected chi connectivity index (χ2v) is 12.0. The third kappa shape index (κ3) is 7.02. The number of para-hydroxylation sites is 1. The Kier molecular flexibility index (Phi) is 9.27. The van der Waals surface area contributed by atoms with Crippen LogP contribution in [0.2, 0.25) is 0 Å². The summed E-state index contributed by atoms with van der Waals surface area (Å²) in [5.74, 6) is -1.74. The number of H-pyrrole nitrogens is 1. The van der Waals surface area contributed by atoms with Crippen LogP contribution in [0.25, 0.3) is 0 Å². The number of nitrogens with one attached hydrogen (secondary N) is 2. The van der Waals surface area contributed by atoms with E-state index in [1.165, 1.54) is 6.92 Å². The molecule has 204 valence electrons. The molecular weight excluding hydrogens is 559 g/mol. The summed E-state index contributed by atoms with van der Waals surface area (Å²) in [5, 5.41) is 10.1. The van der Waals surface area contributed by atoms with Gasteiger partial charge in [-0.2, -0.15) is 4.39 Å². The molecule has 0 amide bonds.